The summed E-state index contributed by atoms with van der Waals surface area (Å²) in [6.45, 7) is 34.5. The number of hydrogen-bond donors (Lipinski definition) is 1. The number of nitrogens with zero attached hydrogens (tertiary/aromatic N) is 6. The van der Waals surface area contributed by atoms with E-state index in [0.717, 1.165) is 48.3 Å². The summed E-state index contributed by atoms with van der Waals surface area (Å²) >= 11 is 7.09. The normalized spacial score (nSPS) is 12.3. The van der Waals surface area contributed by atoms with Gasteiger partial charge in [-0.3, -0.25) is 4.79 Å². The molecule has 20 heteroatoms. The van der Waals surface area contributed by atoms with Gasteiger partial charge in [0.15, 0.2) is 28.3 Å². The van der Waals surface area contributed by atoms with E-state index in [9.17, 15) is 5.11 Å². The fourth-order valence-electron chi connectivity index (χ4n) is 5.29. The van der Waals surface area contributed by atoms with Crippen LogP contribution in [-0.2, 0) is 31.7 Å². The molecule has 344 valence electrons. The van der Waals surface area contributed by atoms with Gasteiger partial charge < -0.3 is 30.0 Å². The third-order valence-electron chi connectivity index (χ3n) is 12.2. The van der Waals surface area contributed by atoms with Crippen LogP contribution in [0.15, 0.2) is 82.0 Å². The number of pyridine rings is 2. The Bertz CT molecular complexity index is 2530. The molecule has 65 heavy (non-hydrogen) atoms. The van der Waals surface area contributed by atoms with Crippen molar-refractivity contribution in [1.29, 1.82) is 0 Å². The molecule has 0 aliphatic heterocycles. The van der Waals surface area contributed by atoms with E-state index in [-0.39, 0.29) is 167 Å². The number of halogens is 2. The zero-order chi connectivity index (χ0) is 47.3. The van der Waals surface area contributed by atoms with E-state index in [1.165, 1.54) is 0 Å². The van der Waals surface area contributed by atoms with Gasteiger partial charge in [0.1, 0.15) is 11.5 Å². The standard InChI is InChI=1S/C25H38BrN3O2Si2.C19H24BrN3O2Si.CH2O3.2Cs.H/c1-24(2,3)32(7,8)30-17-19-12-11-13-23(28-19)29-21-14-18(26)15-22(20(21)16-27-29)31-33(9,10)25(4,5)6;1-19(2,3)26(4,5)25-12-14-7-6-8-18(22-14)23-16-9-13(20)10-17(24)15(16)11-21-23;2-1-4-3;;;/h11-16H,17H2,1-10H3;6-11,24H,12H2,1-5H3;1,3H;;;/q;;;2*+1;-1/p-1. The zero-order valence-electron chi connectivity index (χ0n) is 42.3. The molecule has 4 heterocycles. The van der Waals surface area contributed by atoms with Gasteiger partial charge in [-0.2, -0.15) is 10.2 Å². The molecule has 6 rings (SSSR count). The van der Waals surface area contributed by atoms with E-state index in [2.05, 4.69) is 155 Å². The first kappa shape index (κ1) is 61.5. The molecular weight excluding hydrogens is 1250 g/mol. The topological polar surface area (TPSA) is 159 Å². The zero-order valence-corrected chi connectivity index (χ0v) is 60.0. The minimum atomic E-state index is -2.00. The number of aromatic hydroxyl groups is 1. The molecule has 0 saturated heterocycles. The Balaban J connectivity index is 0.000000597. The molecule has 0 radical (unpaired) electrons. The van der Waals surface area contributed by atoms with E-state index in [0.29, 0.717) is 24.4 Å². The third-order valence-corrected chi connectivity index (χ3v) is 26.5. The van der Waals surface area contributed by atoms with Gasteiger partial charge in [-0.25, -0.2) is 19.3 Å². The van der Waals surface area contributed by atoms with Crippen LogP contribution < -0.4 is 147 Å². The molecule has 0 unspecified atom stereocenters. The molecule has 6 aromatic rings. The van der Waals surface area contributed by atoms with Crippen LogP contribution in [0.5, 0.6) is 11.5 Å². The van der Waals surface area contributed by atoms with E-state index in [1.54, 1.807) is 16.9 Å². The van der Waals surface area contributed by atoms with Gasteiger partial charge in [0, 0.05) is 8.95 Å². The Morgan fingerprint density at radius 1 is 0.662 bits per heavy atom. The van der Waals surface area contributed by atoms with Crippen LogP contribution in [0, 0.1) is 0 Å². The Kier molecular flexibility index (Phi) is 23.8. The number of hydrogen-bond acceptors (Lipinski definition) is 11. The minimum Gasteiger partial charge on any atom is -1.00 e. The Labute approximate surface area is 524 Å². The summed E-state index contributed by atoms with van der Waals surface area (Å²) in [5, 5.41) is 29.7. The number of phenols is 1. The molecule has 1 N–H and O–H groups in total. The number of aromatic nitrogens is 6. The SMILES string of the molecule is CC(C)(C)[Si](C)(C)OCc1cccc(-n2ncc3c(O)cc(Br)cc32)n1.CC(C)(C)[Si](C)(C)OCc1cccc(-n2ncc3c(O[Si](C)(C)C(C)(C)C)cc(Br)cc32)n1.O=CO[O-].[Cs+].[Cs+].[H-]. The van der Waals surface area contributed by atoms with Crippen molar-refractivity contribution >= 4 is 85.1 Å². The summed E-state index contributed by atoms with van der Waals surface area (Å²) in [4.78, 5) is 20.8. The second-order valence-electron chi connectivity index (χ2n) is 19.9. The summed E-state index contributed by atoms with van der Waals surface area (Å²) in [6, 6.07) is 19.5. The fraction of sp³-hybridized carbons (Fsp3) is 0.444. The van der Waals surface area contributed by atoms with Crippen molar-refractivity contribution < 1.29 is 173 Å². The molecule has 13 nitrogen and oxygen atoms in total. The van der Waals surface area contributed by atoms with Crippen LogP contribution in [-0.4, -0.2) is 66.1 Å². The maximum absolute atomic E-state index is 10.1. The van der Waals surface area contributed by atoms with Crippen LogP contribution in [0.2, 0.25) is 54.4 Å². The number of rotatable bonds is 11. The first-order chi connectivity index (χ1) is 29.0. The predicted molar refractivity (Wildman–Crippen MR) is 265 cm³/mol. The van der Waals surface area contributed by atoms with Gasteiger partial charge in [-0.1, -0.05) is 106 Å². The minimum absolute atomic E-state index is 0. The fourth-order valence-corrected chi connectivity index (χ4v) is 9.05. The third kappa shape index (κ3) is 16.4. The van der Waals surface area contributed by atoms with Crippen molar-refractivity contribution in [2.45, 2.75) is 130 Å². The second kappa shape index (κ2) is 25.1. The Morgan fingerprint density at radius 3 is 1.45 bits per heavy atom. The quantitative estimate of drug-likeness (QED) is 0.0697. The Hall–Kier alpha value is 0.345. The second-order valence-corrected chi connectivity index (χ2v) is 36.1. The molecular formula is C45H64Br2Cs2N6O7Si3. The van der Waals surface area contributed by atoms with Gasteiger partial charge in [0.2, 0.25) is 0 Å². The monoisotopic (exact) mass is 1310 g/mol. The largest absolute Gasteiger partial charge is 1.00 e. The van der Waals surface area contributed by atoms with Gasteiger partial charge in [-0.15, -0.1) is 0 Å². The number of carbonyl (C=O) groups excluding carboxylic acids is 1. The first-order valence-corrected chi connectivity index (χ1v) is 31.0. The van der Waals surface area contributed by atoms with E-state index in [1.807, 2.05) is 59.4 Å². The smallest absolute Gasteiger partial charge is 1.00 e. The van der Waals surface area contributed by atoms with Crippen LogP contribution in [0.1, 0.15) is 75.1 Å². The molecule has 0 saturated carbocycles. The number of carbonyl (C=O) groups is 1. The maximum atomic E-state index is 10.1. The molecule has 0 aliphatic carbocycles. The predicted octanol–water partition coefficient (Wildman–Crippen LogP) is 6.05. The molecule has 0 aliphatic rings. The molecule has 0 spiro atoms. The average Bonchev–Trinajstić information content (AvgIpc) is 3.81. The van der Waals surface area contributed by atoms with Gasteiger partial charge in [-0.05, 0) is 103 Å². The molecule has 0 fully saturated rings. The van der Waals surface area contributed by atoms with Crippen molar-refractivity contribution in [2.75, 3.05) is 0 Å². The van der Waals surface area contributed by atoms with Crippen LogP contribution in [0.25, 0.3) is 33.4 Å². The summed E-state index contributed by atoms with van der Waals surface area (Å²) < 4.78 is 24.7. The summed E-state index contributed by atoms with van der Waals surface area (Å²) in [7, 11) is -5.68. The molecule has 0 amide bonds. The van der Waals surface area contributed by atoms with Crippen molar-refractivity contribution in [2.24, 2.45) is 0 Å². The maximum Gasteiger partial charge on any atom is 1.00 e. The van der Waals surface area contributed by atoms with E-state index in [4.69, 9.17) is 33.3 Å². The summed E-state index contributed by atoms with van der Waals surface area (Å²) in [6.07, 6.45) is 3.53. The summed E-state index contributed by atoms with van der Waals surface area (Å²) in [5.41, 5.74) is 3.55. The summed E-state index contributed by atoms with van der Waals surface area (Å²) in [5.74, 6) is 2.54. The van der Waals surface area contributed by atoms with Crippen LogP contribution in [0.4, 0.5) is 0 Å². The van der Waals surface area contributed by atoms with Gasteiger partial charge in [0.05, 0.1) is 58.8 Å². The van der Waals surface area contributed by atoms with Crippen molar-refractivity contribution in [3.8, 4) is 23.1 Å². The number of benzene rings is 2. The van der Waals surface area contributed by atoms with Crippen LogP contribution >= 0.6 is 31.9 Å². The van der Waals surface area contributed by atoms with Gasteiger partial charge in [0.25, 0.3) is 14.8 Å². The molecule has 4 aromatic heterocycles. The molecule has 0 atom stereocenters. The van der Waals surface area contributed by atoms with Crippen LogP contribution in [0.3, 0.4) is 0 Å². The van der Waals surface area contributed by atoms with Crippen molar-refractivity contribution in [3.05, 3.63) is 93.4 Å². The first-order valence-electron chi connectivity index (χ1n) is 20.7. The van der Waals surface area contributed by atoms with Crippen molar-refractivity contribution in [3.63, 3.8) is 0 Å². The van der Waals surface area contributed by atoms with Gasteiger partial charge >= 0.3 is 138 Å². The molecule has 0 bridgehead atoms. The number of phenolic OH excluding ortho intramolecular Hbond substituents is 1. The van der Waals surface area contributed by atoms with Crippen molar-refractivity contribution in [1.82, 2.24) is 29.5 Å². The number of fused-ring (bicyclic) bond motifs is 2. The Morgan fingerprint density at radius 2 is 1.05 bits per heavy atom. The van der Waals surface area contributed by atoms with E-state index < -0.39 is 25.0 Å². The average molecular weight is 1310 g/mol. The van der Waals surface area contributed by atoms with E-state index >= 15 is 0 Å². The molecule has 2 aromatic carbocycles.